The van der Waals surface area contributed by atoms with Crippen molar-refractivity contribution in [3.63, 3.8) is 0 Å². The zero-order valence-electron chi connectivity index (χ0n) is 29.5. The van der Waals surface area contributed by atoms with Gasteiger partial charge in [0.15, 0.2) is 0 Å². The summed E-state index contributed by atoms with van der Waals surface area (Å²) in [4.78, 5) is 76.8. The van der Waals surface area contributed by atoms with Crippen molar-refractivity contribution >= 4 is 29.7 Å². The van der Waals surface area contributed by atoms with Gasteiger partial charge in [-0.3, -0.25) is 29.0 Å². The van der Waals surface area contributed by atoms with Gasteiger partial charge in [0.2, 0.25) is 0 Å². The monoisotopic (exact) mass is 705 g/mol. The van der Waals surface area contributed by atoms with Gasteiger partial charge in [-0.1, -0.05) is 60.7 Å². The number of imide groups is 1. The van der Waals surface area contributed by atoms with Crippen molar-refractivity contribution in [3.8, 4) is 0 Å². The van der Waals surface area contributed by atoms with Crippen molar-refractivity contribution < 1.29 is 38.3 Å². The minimum Gasteiger partial charge on any atom is -0.460 e. The molecule has 0 N–H and O–H groups in total. The number of benzene rings is 2. The summed E-state index contributed by atoms with van der Waals surface area (Å²) in [5.74, 6) is -1.94. The molecule has 2 atom stereocenters. The van der Waals surface area contributed by atoms with Gasteiger partial charge in [0.05, 0.1) is 13.1 Å². The number of nitrogens with zero attached hydrogens (tertiary/aromatic N) is 5. The van der Waals surface area contributed by atoms with Crippen molar-refractivity contribution in [1.29, 1.82) is 0 Å². The quantitative estimate of drug-likeness (QED) is 0.238. The lowest BCUT2D eigenvalue weighted by Crippen LogP contribution is -2.42. The highest BCUT2D eigenvalue weighted by atomic mass is 16.7. The molecule has 3 aliphatic rings. The van der Waals surface area contributed by atoms with E-state index in [-0.39, 0.29) is 63.4 Å². The van der Waals surface area contributed by atoms with Crippen LogP contribution >= 0.6 is 0 Å². The van der Waals surface area contributed by atoms with Crippen LogP contribution in [0.3, 0.4) is 0 Å². The smallest absolute Gasteiger partial charge is 0.333 e. The molecule has 51 heavy (non-hydrogen) atoms. The average molecular weight is 706 g/mol. The van der Waals surface area contributed by atoms with Crippen LogP contribution in [0.5, 0.6) is 0 Å². The van der Waals surface area contributed by atoms with Crippen molar-refractivity contribution in [1.82, 2.24) is 24.7 Å². The number of ether oxygens (including phenoxy) is 2. The van der Waals surface area contributed by atoms with Crippen LogP contribution in [0.1, 0.15) is 49.7 Å². The molecular formula is C38H51N5O8. The molecule has 0 aliphatic carbocycles. The van der Waals surface area contributed by atoms with Crippen LogP contribution in [0.25, 0.3) is 0 Å². The Morgan fingerprint density at radius 2 is 1.06 bits per heavy atom. The van der Waals surface area contributed by atoms with Crippen LogP contribution in [0.15, 0.2) is 60.7 Å². The van der Waals surface area contributed by atoms with Gasteiger partial charge in [0.25, 0.3) is 11.8 Å². The first kappa shape index (κ1) is 38.1. The van der Waals surface area contributed by atoms with Crippen LogP contribution in [-0.4, -0.2) is 133 Å². The van der Waals surface area contributed by atoms with E-state index in [0.29, 0.717) is 24.6 Å². The number of hydroxylamine groups is 2. The Balaban J connectivity index is 1.21. The molecule has 0 radical (unpaired) electrons. The molecule has 0 spiro atoms. The Morgan fingerprint density at radius 1 is 0.588 bits per heavy atom. The van der Waals surface area contributed by atoms with Crippen molar-refractivity contribution in [3.05, 3.63) is 71.8 Å². The number of fused-ring (bicyclic) bond motifs is 4. The summed E-state index contributed by atoms with van der Waals surface area (Å²) in [5, 5.41) is 0.611. The highest BCUT2D eigenvalue weighted by Crippen LogP contribution is 2.18. The predicted molar refractivity (Wildman–Crippen MR) is 187 cm³/mol. The number of carbonyl (C=O) groups excluding carboxylic acids is 5. The van der Waals surface area contributed by atoms with Crippen molar-refractivity contribution in [2.75, 3.05) is 78.5 Å². The summed E-state index contributed by atoms with van der Waals surface area (Å²) in [6.45, 7) is 8.21. The number of rotatable bonds is 12. The van der Waals surface area contributed by atoms with E-state index in [1.807, 2.05) is 60.7 Å². The summed E-state index contributed by atoms with van der Waals surface area (Å²) < 4.78 is 11.2. The maximum absolute atomic E-state index is 12.9. The molecule has 3 fully saturated rings. The van der Waals surface area contributed by atoms with E-state index in [0.717, 1.165) is 76.3 Å². The summed E-state index contributed by atoms with van der Waals surface area (Å²) in [6.07, 6.45) is 2.40. The number of hydrogen-bond donors (Lipinski definition) is 0. The molecular weight excluding hydrogens is 654 g/mol. The second kappa shape index (κ2) is 20.0. The summed E-state index contributed by atoms with van der Waals surface area (Å²) >= 11 is 0. The molecule has 2 amide bonds. The van der Waals surface area contributed by atoms with E-state index in [9.17, 15) is 24.0 Å². The first-order valence-electron chi connectivity index (χ1n) is 18.2. The van der Waals surface area contributed by atoms with E-state index in [1.165, 1.54) is 0 Å². The van der Waals surface area contributed by atoms with E-state index in [4.69, 9.17) is 14.3 Å². The SMILES string of the molecule is O=C(CN1CCCN2CCN(CC(=O)OCc3ccccc3)CCCN(CC1)CC(CCC(=O)ON1C(=O)CCC1=O)C2)OCc1ccccc1. The number of esters is 2. The van der Waals surface area contributed by atoms with Crippen LogP contribution in [0, 0.1) is 5.92 Å². The fraction of sp³-hybridized carbons (Fsp3) is 0.553. The van der Waals surface area contributed by atoms with Gasteiger partial charge in [-0.25, -0.2) is 4.79 Å². The van der Waals surface area contributed by atoms with Gasteiger partial charge in [0.1, 0.15) is 13.2 Å². The fourth-order valence-corrected chi connectivity index (χ4v) is 6.76. The molecule has 3 aliphatic heterocycles. The van der Waals surface area contributed by atoms with E-state index < -0.39 is 17.8 Å². The number of amides is 2. The van der Waals surface area contributed by atoms with Crippen molar-refractivity contribution in [2.45, 2.75) is 51.7 Å². The number of hydrogen-bond acceptors (Lipinski definition) is 12. The Hall–Kier alpha value is -4.17. The van der Waals surface area contributed by atoms with Gasteiger partial charge in [0, 0.05) is 71.6 Å². The molecule has 276 valence electrons. The van der Waals surface area contributed by atoms with Crippen LogP contribution < -0.4 is 0 Å². The lowest BCUT2D eigenvalue weighted by atomic mass is 10.0. The maximum Gasteiger partial charge on any atom is 0.333 e. The highest BCUT2D eigenvalue weighted by molar-refractivity contribution is 6.01. The Labute approximate surface area is 300 Å². The predicted octanol–water partition coefficient (Wildman–Crippen LogP) is 2.49. The Kier molecular flexibility index (Phi) is 14.9. The van der Waals surface area contributed by atoms with Crippen molar-refractivity contribution in [2.24, 2.45) is 5.92 Å². The standard InChI is InChI=1S/C38H51N5O8/c44-34-14-15-35(45)43(34)51-36(46)16-13-33-25-39-18-8-20-42(28-38(48)50-30-32-11-5-2-6-12-32)24-22-40(26-33)17-7-19-41(23-21-39)27-37(47)49-29-31-9-3-1-4-10-31/h1-6,9-12,33H,7-8,13-30H2. The maximum atomic E-state index is 12.9. The third kappa shape index (κ3) is 13.1. The molecule has 3 heterocycles. The first-order chi connectivity index (χ1) is 24.8. The zero-order chi connectivity index (χ0) is 35.8. The molecule has 2 bridgehead atoms. The third-order valence-electron chi connectivity index (χ3n) is 9.54. The molecule has 5 rings (SSSR count). The molecule has 0 saturated carbocycles. The zero-order valence-corrected chi connectivity index (χ0v) is 29.5. The topological polar surface area (TPSA) is 129 Å². The van der Waals surface area contributed by atoms with Crippen LogP contribution in [0.2, 0.25) is 0 Å². The highest BCUT2D eigenvalue weighted by Gasteiger charge is 2.33. The third-order valence-corrected chi connectivity index (χ3v) is 9.54. The summed E-state index contributed by atoms with van der Waals surface area (Å²) in [5.41, 5.74) is 1.90. The van der Waals surface area contributed by atoms with Crippen LogP contribution in [-0.2, 0) is 51.5 Å². The molecule has 2 unspecified atom stereocenters. The molecule has 2 aromatic carbocycles. The van der Waals surface area contributed by atoms with Gasteiger partial charge in [-0.05, 0) is 49.4 Å². The molecule has 13 nitrogen and oxygen atoms in total. The Bertz CT molecular complexity index is 1350. The van der Waals surface area contributed by atoms with E-state index >= 15 is 0 Å². The normalized spacial score (nSPS) is 22.6. The van der Waals surface area contributed by atoms with Gasteiger partial charge in [-0.2, -0.15) is 0 Å². The average Bonchev–Trinajstić information content (AvgIpc) is 3.42. The van der Waals surface area contributed by atoms with Gasteiger partial charge in [-0.15, -0.1) is 5.06 Å². The Morgan fingerprint density at radius 3 is 1.53 bits per heavy atom. The molecule has 0 aromatic heterocycles. The molecule has 2 aromatic rings. The summed E-state index contributed by atoms with van der Waals surface area (Å²) in [7, 11) is 0. The van der Waals surface area contributed by atoms with Gasteiger partial charge >= 0.3 is 17.9 Å². The summed E-state index contributed by atoms with van der Waals surface area (Å²) in [6, 6.07) is 19.3. The molecule has 3 saturated heterocycles. The second-order valence-corrected chi connectivity index (χ2v) is 13.6. The molecule has 13 heteroatoms. The second-order valence-electron chi connectivity index (χ2n) is 13.6. The largest absolute Gasteiger partial charge is 0.460 e. The van der Waals surface area contributed by atoms with Crippen LogP contribution in [0.4, 0.5) is 0 Å². The lowest BCUT2D eigenvalue weighted by Gasteiger charge is -2.31. The number of carbonyl (C=O) groups is 5. The minimum absolute atomic E-state index is 0.0577. The lowest BCUT2D eigenvalue weighted by molar-refractivity contribution is -0.197. The first-order valence-corrected chi connectivity index (χ1v) is 18.2. The fourth-order valence-electron chi connectivity index (χ4n) is 6.76. The van der Waals surface area contributed by atoms with Gasteiger partial charge < -0.3 is 24.1 Å². The minimum atomic E-state index is -0.587. The van der Waals surface area contributed by atoms with E-state index in [2.05, 4.69) is 19.6 Å². The van der Waals surface area contributed by atoms with E-state index in [1.54, 1.807) is 0 Å².